The summed E-state index contributed by atoms with van der Waals surface area (Å²) in [6.07, 6.45) is 0. The standard InChI is InChI=1S/C23H22N4O5S2/c24-16(14-9-5-2-6-10-14)19(28)26-17-20(29)27-18(22(30)31)15(12-33-21(17)27)25-23(32)34-11-13-7-3-1-4-8-13/h1-10,16-17,21H,11-12,24H2,(H,25,32)(H,26,28)(H,30,31)/t16?,17?,21-/m1/s1. The number of aliphatic carboxylic acids is 1. The molecule has 2 aliphatic rings. The van der Waals surface area contributed by atoms with Gasteiger partial charge in [0.1, 0.15) is 17.5 Å². The topological polar surface area (TPSA) is 142 Å². The molecule has 5 N–H and O–H groups in total. The Balaban J connectivity index is 1.41. The van der Waals surface area contributed by atoms with Crippen LogP contribution in [-0.4, -0.2) is 50.2 Å². The van der Waals surface area contributed by atoms with Crippen LogP contribution < -0.4 is 16.4 Å². The molecule has 0 aromatic heterocycles. The van der Waals surface area contributed by atoms with Crippen LogP contribution in [0.15, 0.2) is 72.1 Å². The molecule has 34 heavy (non-hydrogen) atoms. The van der Waals surface area contributed by atoms with Crippen molar-refractivity contribution >= 4 is 46.5 Å². The van der Waals surface area contributed by atoms with Crippen molar-refractivity contribution in [2.24, 2.45) is 5.73 Å². The Kier molecular flexibility index (Phi) is 7.25. The molecule has 11 heteroatoms. The summed E-state index contributed by atoms with van der Waals surface area (Å²) in [5.74, 6) is -1.82. The lowest BCUT2D eigenvalue weighted by Crippen LogP contribution is -2.71. The van der Waals surface area contributed by atoms with Gasteiger partial charge in [-0.05, 0) is 11.1 Å². The smallest absolute Gasteiger partial charge is 0.354 e. The molecule has 4 rings (SSSR count). The predicted molar refractivity (Wildman–Crippen MR) is 129 cm³/mol. The van der Waals surface area contributed by atoms with Gasteiger partial charge in [-0.3, -0.25) is 19.3 Å². The van der Waals surface area contributed by atoms with Gasteiger partial charge in [-0.1, -0.05) is 72.4 Å². The van der Waals surface area contributed by atoms with Gasteiger partial charge in [-0.2, -0.15) is 0 Å². The maximum Gasteiger partial charge on any atom is 0.354 e. The Hall–Kier alpha value is -3.28. The van der Waals surface area contributed by atoms with E-state index in [1.807, 2.05) is 30.3 Å². The number of nitrogens with two attached hydrogens (primary N) is 1. The van der Waals surface area contributed by atoms with Gasteiger partial charge in [-0.25, -0.2) is 4.79 Å². The van der Waals surface area contributed by atoms with Gasteiger partial charge in [0, 0.05) is 11.5 Å². The fourth-order valence-corrected chi connectivity index (χ4v) is 5.62. The van der Waals surface area contributed by atoms with E-state index >= 15 is 0 Å². The summed E-state index contributed by atoms with van der Waals surface area (Å²) in [5, 5.41) is 14.0. The van der Waals surface area contributed by atoms with Gasteiger partial charge in [0.05, 0.1) is 5.70 Å². The fourth-order valence-electron chi connectivity index (χ4n) is 3.65. The second kappa shape index (κ2) is 10.3. The lowest BCUT2D eigenvalue weighted by molar-refractivity contribution is -0.150. The van der Waals surface area contributed by atoms with Gasteiger partial charge in [0.2, 0.25) is 5.91 Å². The molecule has 0 aliphatic carbocycles. The molecule has 9 nitrogen and oxygen atoms in total. The van der Waals surface area contributed by atoms with Gasteiger partial charge < -0.3 is 21.5 Å². The van der Waals surface area contributed by atoms with Gasteiger partial charge in [0.15, 0.2) is 5.70 Å². The van der Waals surface area contributed by atoms with Crippen LogP contribution in [0.4, 0.5) is 4.79 Å². The molecule has 2 aromatic rings. The minimum absolute atomic E-state index is 0.151. The number of carboxylic acid groups (broad SMARTS) is 1. The van der Waals surface area contributed by atoms with Crippen LogP contribution in [0.2, 0.25) is 0 Å². The van der Waals surface area contributed by atoms with Crippen LogP contribution in [-0.2, 0) is 20.1 Å². The predicted octanol–water partition coefficient (Wildman–Crippen LogP) is 2.03. The number of rotatable bonds is 7. The van der Waals surface area contributed by atoms with Crippen molar-refractivity contribution in [3.8, 4) is 0 Å². The highest BCUT2D eigenvalue weighted by Gasteiger charge is 2.54. The first-order chi connectivity index (χ1) is 16.4. The third kappa shape index (κ3) is 4.96. The number of carbonyl (C=O) groups excluding carboxylic acids is 3. The molecule has 0 bridgehead atoms. The Morgan fingerprint density at radius 1 is 1.12 bits per heavy atom. The van der Waals surface area contributed by atoms with Gasteiger partial charge >= 0.3 is 5.97 Å². The monoisotopic (exact) mass is 498 g/mol. The highest BCUT2D eigenvalue weighted by atomic mass is 32.2. The van der Waals surface area contributed by atoms with Crippen molar-refractivity contribution in [3.05, 3.63) is 83.2 Å². The number of benzene rings is 2. The zero-order valence-corrected chi connectivity index (χ0v) is 19.5. The Morgan fingerprint density at radius 2 is 1.76 bits per heavy atom. The van der Waals surface area contributed by atoms with Crippen LogP contribution in [0.5, 0.6) is 0 Å². The van der Waals surface area contributed by atoms with E-state index in [1.165, 1.54) is 11.8 Å². The van der Waals surface area contributed by atoms with Crippen molar-refractivity contribution in [2.75, 3.05) is 5.75 Å². The molecule has 3 amide bonds. The molecule has 1 saturated heterocycles. The first-order valence-corrected chi connectivity index (χ1v) is 12.4. The zero-order valence-electron chi connectivity index (χ0n) is 17.8. The van der Waals surface area contributed by atoms with E-state index in [0.29, 0.717) is 11.3 Å². The van der Waals surface area contributed by atoms with E-state index in [4.69, 9.17) is 5.73 Å². The minimum atomic E-state index is -1.33. The van der Waals surface area contributed by atoms with Crippen molar-refractivity contribution in [1.29, 1.82) is 0 Å². The Bertz CT molecular complexity index is 1140. The maximum absolute atomic E-state index is 12.8. The normalized spacial score (nSPS) is 20.1. The lowest BCUT2D eigenvalue weighted by atomic mass is 10.0. The number of thioether (sulfide) groups is 2. The van der Waals surface area contributed by atoms with Gasteiger partial charge in [0.25, 0.3) is 11.1 Å². The average Bonchev–Trinajstić information content (AvgIpc) is 2.86. The van der Waals surface area contributed by atoms with Gasteiger partial charge in [-0.15, -0.1) is 11.8 Å². The van der Waals surface area contributed by atoms with E-state index in [-0.39, 0.29) is 17.1 Å². The molecule has 0 spiro atoms. The largest absolute Gasteiger partial charge is 0.477 e. The lowest BCUT2D eigenvalue weighted by Gasteiger charge is -2.49. The van der Waals surface area contributed by atoms with Crippen molar-refractivity contribution in [2.45, 2.75) is 23.2 Å². The van der Waals surface area contributed by atoms with Crippen LogP contribution in [0.1, 0.15) is 17.2 Å². The molecule has 2 aromatic carbocycles. The summed E-state index contributed by atoms with van der Waals surface area (Å²) < 4.78 is 0. The van der Waals surface area contributed by atoms with Crippen LogP contribution >= 0.6 is 23.5 Å². The zero-order chi connectivity index (χ0) is 24.2. The number of nitrogens with zero attached hydrogens (tertiary/aromatic N) is 1. The molecule has 2 aliphatic heterocycles. The van der Waals surface area contributed by atoms with Crippen LogP contribution in [0.25, 0.3) is 0 Å². The van der Waals surface area contributed by atoms with E-state index in [0.717, 1.165) is 22.2 Å². The Labute approximate surface area is 204 Å². The summed E-state index contributed by atoms with van der Waals surface area (Å²) in [5.41, 5.74) is 7.44. The van der Waals surface area contributed by atoms with Crippen molar-refractivity contribution in [3.63, 3.8) is 0 Å². The summed E-state index contributed by atoms with van der Waals surface area (Å²) >= 11 is 2.27. The number of hydrogen-bond acceptors (Lipinski definition) is 7. The van der Waals surface area contributed by atoms with E-state index in [9.17, 15) is 24.3 Å². The number of nitrogens with one attached hydrogen (secondary N) is 2. The molecule has 0 radical (unpaired) electrons. The summed E-state index contributed by atoms with van der Waals surface area (Å²) in [6, 6.07) is 16.3. The molecular formula is C23H22N4O5S2. The van der Waals surface area contributed by atoms with Crippen molar-refractivity contribution in [1.82, 2.24) is 15.5 Å². The molecular weight excluding hydrogens is 476 g/mol. The summed E-state index contributed by atoms with van der Waals surface area (Å²) in [7, 11) is 0. The number of amides is 3. The summed E-state index contributed by atoms with van der Waals surface area (Å²) in [6.45, 7) is 0. The second-order valence-corrected chi connectivity index (χ2v) is 9.66. The molecule has 2 unspecified atom stereocenters. The summed E-state index contributed by atoms with van der Waals surface area (Å²) in [4.78, 5) is 50.8. The first-order valence-electron chi connectivity index (χ1n) is 10.4. The molecule has 1 fully saturated rings. The molecule has 3 atom stereocenters. The van der Waals surface area contributed by atoms with E-state index in [1.54, 1.807) is 30.3 Å². The Morgan fingerprint density at radius 3 is 2.41 bits per heavy atom. The fraction of sp³-hybridized carbons (Fsp3) is 0.217. The highest BCUT2D eigenvalue weighted by molar-refractivity contribution is 8.12. The SMILES string of the molecule is NC(C(=O)NC1C(=O)N2C(C(=O)O)=C(NC(=O)SCc3ccccc3)CS[C@H]12)c1ccccc1. The maximum atomic E-state index is 12.8. The second-order valence-electron chi connectivity index (χ2n) is 7.60. The third-order valence-corrected chi connectivity index (χ3v) is 7.50. The number of carbonyl (C=O) groups is 4. The molecule has 176 valence electrons. The molecule has 0 saturated carbocycles. The number of carboxylic acids is 1. The van der Waals surface area contributed by atoms with E-state index < -0.39 is 40.5 Å². The molecule has 2 heterocycles. The number of β-lactam (4-membered cyclic amide) rings is 1. The van der Waals surface area contributed by atoms with Crippen LogP contribution in [0, 0.1) is 0 Å². The highest BCUT2D eigenvalue weighted by Crippen LogP contribution is 2.40. The number of fused-ring (bicyclic) bond motifs is 1. The van der Waals surface area contributed by atoms with E-state index in [2.05, 4.69) is 10.6 Å². The quantitative estimate of drug-likeness (QED) is 0.425. The first kappa shape index (κ1) is 23.9. The number of hydrogen-bond donors (Lipinski definition) is 4. The minimum Gasteiger partial charge on any atom is -0.477 e. The van der Waals surface area contributed by atoms with Crippen molar-refractivity contribution < 1.29 is 24.3 Å². The average molecular weight is 499 g/mol. The third-order valence-electron chi connectivity index (χ3n) is 5.38. The van der Waals surface area contributed by atoms with Crippen LogP contribution in [0.3, 0.4) is 0 Å².